The van der Waals surface area contributed by atoms with Gasteiger partial charge >= 0.3 is 18.1 Å². The summed E-state index contributed by atoms with van der Waals surface area (Å²) < 4.78 is 21.2. The highest BCUT2D eigenvalue weighted by atomic mass is 16.7. The number of carbonyl (C=O) groups is 3. The Kier molecular flexibility index (Phi) is 6.63. The molecule has 3 fully saturated rings. The fourth-order valence-corrected chi connectivity index (χ4v) is 5.05. The summed E-state index contributed by atoms with van der Waals surface area (Å²) in [6.07, 6.45) is 2.47. The minimum Gasteiger partial charge on any atom is -0.462 e. The summed E-state index contributed by atoms with van der Waals surface area (Å²) in [7, 11) is 0. The van der Waals surface area contributed by atoms with E-state index in [2.05, 4.69) is 25.5 Å². The van der Waals surface area contributed by atoms with E-state index in [1.165, 1.54) is 0 Å². The lowest BCUT2D eigenvalue weighted by molar-refractivity contribution is -0.168. The molecule has 2 saturated heterocycles. The topological polar surface area (TPSA) is 88.1 Å². The normalized spacial score (nSPS) is 37.0. The third-order valence-electron chi connectivity index (χ3n) is 6.49. The minimum absolute atomic E-state index is 0.112. The van der Waals surface area contributed by atoms with Crippen molar-refractivity contribution in [3.05, 3.63) is 0 Å². The smallest absolute Gasteiger partial charge is 0.462 e. The van der Waals surface area contributed by atoms with Crippen molar-refractivity contribution < 1.29 is 33.3 Å². The molecule has 0 N–H and O–H groups in total. The summed E-state index contributed by atoms with van der Waals surface area (Å²) in [5.74, 6) is -1.43. The van der Waals surface area contributed by atoms with Gasteiger partial charge in [-0.3, -0.25) is 9.59 Å². The van der Waals surface area contributed by atoms with Gasteiger partial charge in [0.1, 0.15) is 6.10 Å². The second kappa shape index (κ2) is 8.80. The SMILES string of the molecule is CCOC(=O)OC(=O)C1C2CCC(O2)C1C(=O)OC1CC(C)CCC1C(C)C. The second-order valence-corrected chi connectivity index (χ2v) is 8.75. The lowest BCUT2D eigenvalue weighted by atomic mass is 9.75. The van der Waals surface area contributed by atoms with Crippen LogP contribution in [-0.2, 0) is 28.5 Å². The lowest BCUT2D eigenvalue weighted by Crippen LogP contribution is -2.44. The Hall–Kier alpha value is -1.63. The molecule has 7 unspecified atom stereocenters. The maximum atomic E-state index is 13.1. The molecule has 0 amide bonds. The van der Waals surface area contributed by atoms with E-state index in [1.54, 1.807) is 6.92 Å². The Bertz CT molecular complexity index is 602. The average Bonchev–Trinajstić information content (AvgIpc) is 3.22. The van der Waals surface area contributed by atoms with E-state index in [-0.39, 0.29) is 18.8 Å². The zero-order chi connectivity index (χ0) is 20.4. The molecule has 7 atom stereocenters. The number of hydrogen-bond donors (Lipinski definition) is 0. The molecule has 2 aliphatic heterocycles. The van der Waals surface area contributed by atoms with Gasteiger partial charge in [-0.05, 0) is 50.4 Å². The van der Waals surface area contributed by atoms with Gasteiger partial charge in [0.15, 0.2) is 0 Å². The van der Waals surface area contributed by atoms with Gasteiger partial charge in [0, 0.05) is 0 Å². The number of carbonyl (C=O) groups excluding carboxylic acids is 3. The zero-order valence-electron chi connectivity index (χ0n) is 17.2. The number of fused-ring (bicyclic) bond motifs is 2. The summed E-state index contributed by atoms with van der Waals surface area (Å²) in [6.45, 7) is 8.23. The summed E-state index contributed by atoms with van der Waals surface area (Å²) in [4.78, 5) is 37.2. The van der Waals surface area contributed by atoms with Crippen molar-refractivity contribution in [2.75, 3.05) is 6.61 Å². The van der Waals surface area contributed by atoms with Crippen molar-refractivity contribution in [3.8, 4) is 0 Å². The highest BCUT2D eigenvalue weighted by Crippen LogP contribution is 2.45. The van der Waals surface area contributed by atoms with E-state index in [0.29, 0.717) is 30.6 Å². The molecule has 3 aliphatic rings. The van der Waals surface area contributed by atoms with Gasteiger partial charge in [0.05, 0.1) is 30.7 Å². The Balaban J connectivity index is 1.70. The molecule has 0 radical (unpaired) electrons. The third-order valence-corrected chi connectivity index (χ3v) is 6.49. The van der Waals surface area contributed by atoms with Crippen molar-refractivity contribution in [2.24, 2.45) is 29.6 Å². The summed E-state index contributed by atoms with van der Waals surface area (Å²) in [5.41, 5.74) is 0. The van der Waals surface area contributed by atoms with Crippen LogP contribution in [0, 0.1) is 29.6 Å². The van der Waals surface area contributed by atoms with Gasteiger partial charge in [-0.25, -0.2) is 4.79 Å². The number of ether oxygens (including phenoxy) is 4. The number of hydrogen-bond acceptors (Lipinski definition) is 7. The first-order valence-corrected chi connectivity index (χ1v) is 10.6. The van der Waals surface area contributed by atoms with Crippen LogP contribution >= 0.6 is 0 Å². The first-order chi connectivity index (χ1) is 13.3. The van der Waals surface area contributed by atoms with E-state index >= 15 is 0 Å². The quantitative estimate of drug-likeness (QED) is 0.519. The van der Waals surface area contributed by atoms with Gasteiger partial charge in [-0.1, -0.05) is 27.2 Å². The molecule has 0 aromatic heterocycles. The maximum absolute atomic E-state index is 13.1. The highest BCUT2D eigenvalue weighted by molar-refractivity contribution is 5.89. The van der Waals surface area contributed by atoms with Gasteiger partial charge in [-0.15, -0.1) is 0 Å². The molecule has 1 saturated carbocycles. The van der Waals surface area contributed by atoms with Crippen LogP contribution in [0.4, 0.5) is 4.79 Å². The molecule has 3 rings (SSSR count). The molecule has 2 bridgehead atoms. The molecular weight excluding hydrogens is 364 g/mol. The molecular formula is C21H32O7. The van der Waals surface area contributed by atoms with Crippen LogP contribution in [0.5, 0.6) is 0 Å². The summed E-state index contributed by atoms with van der Waals surface area (Å²) in [5, 5.41) is 0. The first kappa shape index (κ1) is 21.1. The molecule has 7 nitrogen and oxygen atoms in total. The Labute approximate surface area is 166 Å². The van der Waals surface area contributed by atoms with E-state index in [4.69, 9.17) is 14.2 Å². The molecule has 0 spiro atoms. The Morgan fingerprint density at radius 2 is 1.64 bits per heavy atom. The van der Waals surface area contributed by atoms with Crippen LogP contribution < -0.4 is 0 Å². The fourth-order valence-electron chi connectivity index (χ4n) is 5.05. The fraction of sp³-hybridized carbons (Fsp3) is 0.857. The zero-order valence-corrected chi connectivity index (χ0v) is 17.2. The molecule has 0 aromatic rings. The molecule has 28 heavy (non-hydrogen) atoms. The predicted octanol–water partition coefficient (Wildman–Crippen LogP) is 3.48. The van der Waals surface area contributed by atoms with E-state index in [1.807, 2.05) is 0 Å². The molecule has 158 valence electrons. The van der Waals surface area contributed by atoms with Gasteiger partial charge in [0.2, 0.25) is 0 Å². The maximum Gasteiger partial charge on any atom is 0.516 e. The van der Waals surface area contributed by atoms with Crippen LogP contribution in [0.2, 0.25) is 0 Å². The monoisotopic (exact) mass is 396 g/mol. The molecule has 2 heterocycles. The number of esters is 2. The van der Waals surface area contributed by atoms with Crippen LogP contribution in [0.1, 0.15) is 59.8 Å². The average molecular weight is 396 g/mol. The summed E-state index contributed by atoms with van der Waals surface area (Å²) >= 11 is 0. The van der Waals surface area contributed by atoms with Crippen molar-refractivity contribution in [2.45, 2.75) is 78.1 Å². The third kappa shape index (κ3) is 4.34. The molecule has 0 aromatic carbocycles. The minimum atomic E-state index is -1.04. The van der Waals surface area contributed by atoms with E-state index in [0.717, 1.165) is 19.3 Å². The Morgan fingerprint density at radius 3 is 2.25 bits per heavy atom. The lowest BCUT2D eigenvalue weighted by Gasteiger charge is -2.37. The van der Waals surface area contributed by atoms with E-state index in [9.17, 15) is 14.4 Å². The van der Waals surface area contributed by atoms with Crippen molar-refractivity contribution in [1.82, 2.24) is 0 Å². The standard InChI is InChI=1S/C21H32O7/c1-5-25-21(24)28-20(23)18-15-9-8-14(26-15)17(18)19(22)27-16-10-12(4)6-7-13(16)11(2)3/h11-18H,5-10H2,1-4H3. The van der Waals surface area contributed by atoms with Crippen molar-refractivity contribution in [1.29, 1.82) is 0 Å². The van der Waals surface area contributed by atoms with Crippen LogP contribution in [0.3, 0.4) is 0 Å². The predicted molar refractivity (Wildman–Crippen MR) is 99.2 cm³/mol. The van der Waals surface area contributed by atoms with Gasteiger partial charge < -0.3 is 18.9 Å². The highest BCUT2D eigenvalue weighted by Gasteiger charge is 2.57. The second-order valence-electron chi connectivity index (χ2n) is 8.75. The molecule has 1 aliphatic carbocycles. The van der Waals surface area contributed by atoms with Crippen LogP contribution in [-0.4, -0.2) is 43.0 Å². The van der Waals surface area contributed by atoms with Gasteiger partial charge in [-0.2, -0.15) is 0 Å². The van der Waals surface area contributed by atoms with E-state index < -0.39 is 36.0 Å². The number of rotatable bonds is 5. The van der Waals surface area contributed by atoms with Crippen molar-refractivity contribution in [3.63, 3.8) is 0 Å². The first-order valence-electron chi connectivity index (χ1n) is 10.6. The largest absolute Gasteiger partial charge is 0.516 e. The van der Waals surface area contributed by atoms with Crippen LogP contribution in [0.25, 0.3) is 0 Å². The molecule has 7 heteroatoms. The van der Waals surface area contributed by atoms with Gasteiger partial charge in [0.25, 0.3) is 0 Å². The summed E-state index contributed by atoms with van der Waals surface area (Å²) in [6, 6.07) is 0. The van der Waals surface area contributed by atoms with Crippen LogP contribution in [0.15, 0.2) is 0 Å². The Morgan fingerprint density at radius 1 is 1.00 bits per heavy atom. The van der Waals surface area contributed by atoms with Crippen molar-refractivity contribution >= 4 is 18.1 Å².